The molecule has 0 radical (unpaired) electrons. The number of rotatable bonds is 2. The highest BCUT2D eigenvalue weighted by molar-refractivity contribution is 6.30. The minimum Gasteiger partial charge on any atom is -0.383 e. The van der Waals surface area contributed by atoms with E-state index in [4.69, 9.17) is 11.6 Å². The van der Waals surface area contributed by atoms with Crippen LogP contribution in [0.4, 0.5) is 0 Å². The summed E-state index contributed by atoms with van der Waals surface area (Å²) in [6.07, 6.45) is 6.20. The lowest BCUT2D eigenvalue weighted by Gasteiger charge is -2.28. The lowest BCUT2D eigenvalue weighted by molar-refractivity contribution is -0.00649. The lowest BCUT2D eigenvalue weighted by atomic mass is 9.84. The molecule has 0 aromatic carbocycles. The summed E-state index contributed by atoms with van der Waals surface area (Å²) >= 11 is 5.98. The molecule has 2 aromatic heterocycles. The van der Waals surface area contributed by atoms with Gasteiger partial charge in [0.2, 0.25) is 0 Å². The van der Waals surface area contributed by atoms with E-state index in [0.717, 1.165) is 29.4 Å². The van der Waals surface area contributed by atoms with E-state index in [1.54, 1.807) is 16.9 Å². The largest absolute Gasteiger partial charge is 0.383 e. The summed E-state index contributed by atoms with van der Waals surface area (Å²) in [6.45, 7) is 1.87. The second-order valence-electron chi connectivity index (χ2n) is 5.63. The van der Waals surface area contributed by atoms with Crippen molar-refractivity contribution in [1.82, 2.24) is 14.8 Å². The first kappa shape index (κ1) is 12.9. The second-order valence-corrected chi connectivity index (χ2v) is 6.01. The normalized spacial score (nSPS) is 20.0. The molecule has 2 aromatic rings. The molecule has 0 amide bonds. The highest BCUT2D eigenvalue weighted by Gasteiger charge is 2.39. The quantitative estimate of drug-likeness (QED) is 0.860. The number of halogens is 1. The van der Waals surface area contributed by atoms with Crippen LogP contribution in [0.25, 0.3) is 10.9 Å². The van der Waals surface area contributed by atoms with E-state index in [0.29, 0.717) is 5.15 Å². The first-order chi connectivity index (χ1) is 9.00. The predicted octanol–water partition coefficient (Wildman–Crippen LogP) is 3.02. The molecule has 1 aliphatic carbocycles. The molecule has 5 heteroatoms. The Hall–Kier alpha value is -1.13. The highest BCUT2D eigenvalue weighted by atomic mass is 35.5. The van der Waals surface area contributed by atoms with E-state index >= 15 is 0 Å². The van der Waals surface area contributed by atoms with Crippen LogP contribution in [0.15, 0.2) is 12.3 Å². The average Bonchev–Trinajstić information content (AvgIpc) is 2.98. The third-order valence-electron chi connectivity index (χ3n) is 4.33. The number of aromatic nitrogens is 3. The highest BCUT2D eigenvalue weighted by Crippen LogP contribution is 2.42. The summed E-state index contributed by atoms with van der Waals surface area (Å²) < 4.78 is 1.76. The molecule has 19 heavy (non-hydrogen) atoms. The van der Waals surface area contributed by atoms with Gasteiger partial charge in [0.05, 0.1) is 11.7 Å². The van der Waals surface area contributed by atoms with Crippen LogP contribution in [0.3, 0.4) is 0 Å². The van der Waals surface area contributed by atoms with Gasteiger partial charge in [-0.1, -0.05) is 24.4 Å². The molecule has 3 rings (SSSR count). The molecular weight excluding hydrogens is 262 g/mol. The molecule has 0 bridgehead atoms. The summed E-state index contributed by atoms with van der Waals surface area (Å²) in [5, 5.41) is 16.8. The third kappa shape index (κ3) is 2.03. The van der Waals surface area contributed by atoms with Crippen LogP contribution in [-0.2, 0) is 12.6 Å². The van der Waals surface area contributed by atoms with Crippen LogP contribution >= 0.6 is 11.6 Å². The zero-order chi connectivity index (χ0) is 13.6. The van der Waals surface area contributed by atoms with Crippen LogP contribution in [0, 0.1) is 5.92 Å². The van der Waals surface area contributed by atoms with Gasteiger partial charge >= 0.3 is 0 Å². The van der Waals surface area contributed by atoms with Crippen molar-refractivity contribution in [2.45, 2.75) is 38.2 Å². The van der Waals surface area contributed by atoms with Crippen LogP contribution in [0.5, 0.6) is 0 Å². The zero-order valence-corrected chi connectivity index (χ0v) is 12.0. The standard InChI is InChI=1S/C14H18ClN3O/c1-14(19,9-5-3-4-6-9)13-10-7-12(15)16-8-11(10)18(2)17-13/h7-9,19H,3-6H2,1-2H3. The molecule has 0 aliphatic heterocycles. The third-order valence-corrected chi connectivity index (χ3v) is 4.54. The molecule has 1 atom stereocenters. The number of hydrogen-bond acceptors (Lipinski definition) is 3. The lowest BCUT2D eigenvalue weighted by Crippen LogP contribution is -2.31. The summed E-state index contributed by atoms with van der Waals surface area (Å²) in [6, 6.07) is 1.79. The molecule has 1 aliphatic rings. The Morgan fingerprint density at radius 1 is 1.42 bits per heavy atom. The van der Waals surface area contributed by atoms with Crippen molar-refractivity contribution >= 4 is 22.5 Å². The van der Waals surface area contributed by atoms with Gasteiger partial charge < -0.3 is 5.11 Å². The monoisotopic (exact) mass is 279 g/mol. The number of aryl methyl sites for hydroxylation is 1. The van der Waals surface area contributed by atoms with Gasteiger partial charge in [0.25, 0.3) is 0 Å². The van der Waals surface area contributed by atoms with Gasteiger partial charge in [-0.3, -0.25) is 4.68 Å². The van der Waals surface area contributed by atoms with Gasteiger partial charge in [0, 0.05) is 12.4 Å². The van der Waals surface area contributed by atoms with E-state index < -0.39 is 5.60 Å². The van der Waals surface area contributed by atoms with Crippen molar-refractivity contribution in [3.05, 3.63) is 23.1 Å². The van der Waals surface area contributed by atoms with E-state index in [9.17, 15) is 5.11 Å². The predicted molar refractivity (Wildman–Crippen MR) is 75.0 cm³/mol. The fourth-order valence-electron chi connectivity index (χ4n) is 3.18. The minimum atomic E-state index is -0.902. The molecule has 1 fully saturated rings. The van der Waals surface area contributed by atoms with Gasteiger partial charge in [-0.15, -0.1) is 0 Å². The van der Waals surface area contributed by atoms with Crippen molar-refractivity contribution in [2.75, 3.05) is 0 Å². The van der Waals surface area contributed by atoms with Crippen LogP contribution in [0.1, 0.15) is 38.3 Å². The smallest absolute Gasteiger partial charge is 0.129 e. The Balaban J connectivity index is 2.16. The van der Waals surface area contributed by atoms with Crippen molar-refractivity contribution in [2.24, 2.45) is 13.0 Å². The van der Waals surface area contributed by atoms with Crippen LogP contribution in [-0.4, -0.2) is 19.9 Å². The molecule has 1 saturated carbocycles. The van der Waals surface area contributed by atoms with E-state index in [1.165, 1.54) is 12.8 Å². The fourth-order valence-corrected chi connectivity index (χ4v) is 3.34. The summed E-state index contributed by atoms with van der Waals surface area (Å²) in [4.78, 5) is 4.08. The SMILES string of the molecule is Cn1nc(C(C)(O)C2CCCC2)c2cc(Cl)ncc21. The van der Waals surface area contributed by atoms with Crippen LogP contribution < -0.4 is 0 Å². The topological polar surface area (TPSA) is 50.9 Å². The molecule has 1 N–H and O–H groups in total. The Morgan fingerprint density at radius 2 is 2.11 bits per heavy atom. The Labute approximate surface area is 117 Å². The zero-order valence-electron chi connectivity index (χ0n) is 11.2. The van der Waals surface area contributed by atoms with Crippen LogP contribution in [0.2, 0.25) is 5.15 Å². The molecule has 102 valence electrons. The maximum absolute atomic E-state index is 10.9. The molecule has 4 nitrogen and oxygen atoms in total. The van der Waals surface area contributed by atoms with E-state index in [1.807, 2.05) is 14.0 Å². The molecule has 2 heterocycles. The maximum Gasteiger partial charge on any atom is 0.129 e. The Kier molecular flexibility index (Phi) is 3.02. The number of aliphatic hydroxyl groups is 1. The van der Waals surface area contributed by atoms with Crippen molar-refractivity contribution in [3.63, 3.8) is 0 Å². The summed E-state index contributed by atoms with van der Waals surface area (Å²) in [5.41, 5.74) is 0.722. The van der Waals surface area contributed by atoms with Crippen molar-refractivity contribution < 1.29 is 5.11 Å². The maximum atomic E-state index is 10.9. The summed E-state index contributed by atoms with van der Waals surface area (Å²) in [5.74, 6) is 0.276. The van der Waals surface area contributed by atoms with Gasteiger partial charge in [0.15, 0.2) is 0 Å². The van der Waals surface area contributed by atoms with E-state index in [2.05, 4.69) is 10.1 Å². The number of hydrogen-bond donors (Lipinski definition) is 1. The second kappa shape index (κ2) is 4.46. The van der Waals surface area contributed by atoms with Gasteiger partial charge in [-0.25, -0.2) is 4.98 Å². The average molecular weight is 280 g/mol. The number of pyridine rings is 1. The van der Waals surface area contributed by atoms with E-state index in [-0.39, 0.29) is 5.92 Å². The number of nitrogens with zero attached hydrogens (tertiary/aromatic N) is 3. The molecule has 0 spiro atoms. The van der Waals surface area contributed by atoms with Crippen molar-refractivity contribution in [3.8, 4) is 0 Å². The van der Waals surface area contributed by atoms with Gasteiger partial charge in [-0.05, 0) is 31.7 Å². The van der Waals surface area contributed by atoms with Crippen molar-refractivity contribution in [1.29, 1.82) is 0 Å². The van der Waals surface area contributed by atoms with Gasteiger partial charge in [-0.2, -0.15) is 5.10 Å². The first-order valence-corrected chi connectivity index (χ1v) is 7.09. The van der Waals surface area contributed by atoms with Gasteiger partial charge in [0.1, 0.15) is 16.4 Å². The minimum absolute atomic E-state index is 0.276. The fraction of sp³-hybridized carbons (Fsp3) is 0.571. The molecular formula is C14H18ClN3O. The summed E-state index contributed by atoms with van der Waals surface area (Å²) in [7, 11) is 1.87. The first-order valence-electron chi connectivity index (χ1n) is 6.71. The number of fused-ring (bicyclic) bond motifs is 1. The molecule has 0 saturated heterocycles. The Morgan fingerprint density at radius 3 is 2.79 bits per heavy atom. The Bertz CT molecular complexity index is 614. The molecule has 1 unspecified atom stereocenters.